The fourth-order valence-corrected chi connectivity index (χ4v) is 3.87. The van der Waals surface area contributed by atoms with Crippen molar-refractivity contribution >= 4 is 11.8 Å². The molecule has 1 aromatic rings. The molecule has 0 radical (unpaired) electrons. The van der Waals surface area contributed by atoms with Crippen LogP contribution in [0.2, 0.25) is 0 Å². The fourth-order valence-electron chi connectivity index (χ4n) is 3.87. The van der Waals surface area contributed by atoms with Crippen molar-refractivity contribution in [3.63, 3.8) is 0 Å². The monoisotopic (exact) mass is 346 g/mol. The molecule has 138 valence electrons. The highest BCUT2D eigenvalue weighted by Crippen LogP contribution is 2.22. The van der Waals surface area contributed by atoms with E-state index in [1.807, 2.05) is 11.9 Å². The maximum atomic E-state index is 12.5. The molecule has 2 heterocycles. The second-order valence-electron chi connectivity index (χ2n) is 7.38. The van der Waals surface area contributed by atoms with Crippen LogP contribution in [0.3, 0.4) is 0 Å². The van der Waals surface area contributed by atoms with Gasteiger partial charge in [0.15, 0.2) is 0 Å². The van der Waals surface area contributed by atoms with E-state index in [0.717, 1.165) is 44.3 Å². The van der Waals surface area contributed by atoms with Gasteiger partial charge in [0.05, 0.1) is 12.2 Å². The zero-order valence-corrected chi connectivity index (χ0v) is 15.4. The summed E-state index contributed by atoms with van der Waals surface area (Å²) in [5.74, 6) is 0.285. The molecule has 1 aliphatic carbocycles. The first-order valence-corrected chi connectivity index (χ1v) is 9.72. The van der Waals surface area contributed by atoms with Gasteiger partial charge >= 0.3 is 0 Å². The van der Waals surface area contributed by atoms with E-state index in [2.05, 4.69) is 10.2 Å². The molecule has 3 rings (SSSR count). The Bertz CT molecular complexity index is 611. The molecule has 0 spiro atoms. The molecule has 0 aromatic carbocycles. The third-order valence-electron chi connectivity index (χ3n) is 5.47. The van der Waals surface area contributed by atoms with Crippen molar-refractivity contribution in [3.8, 4) is 0 Å². The minimum absolute atomic E-state index is 0.0856. The number of hydrogen-bond donors (Lipinski definition) is 1. The fraction of sp³-hybridized carbons (Fsp3) is 0.737. The third-order valence-corrected chi connectivity index (χ3v) is 5.47. The van der Waals surface area contributed by atoms with Crippen LogP contribution in [-0.2, 0) is 29.0 Å². The van der Waals surface area contributed by atoms with Crippen molar-refractivity contribution in [2.45, 2.75) is 70.8 Å². The molecule has 6 heteroatoms. The number of likely N-dealkylation sites (tertiary alicyclic amines) is 1. The van der Waals surface area contributed by atoms with E-state index in [-0.39, 0.29) is 11.8 Å². The molecule has 6 nitrogen and oxygen atoms in total. The molecule has 1 aromatic heterocycles. The van der Waals surface area contributed by atoms with Crippen LogP contribution in [0.1, 0.15) is 68.3 Å². The van der Waals surface area contributed by atoms with E-state index in [9.17, 15) is 9.59 Å². The predicted octanol–water partition coefficient (Wildman–Crippen LogP) is 2.43. The first-order chi connectivity index (χ1) is 12.1. The summed E-state index contributed by atoms with van der Waals surface area (Å²) in [7, 11) is 1.84. The van der Waals surface area contributed by atoms with E-state index in [4.69, 9.17) is 0 Å². The summed E-state index contributed by atoms with van der Waals surface area (Å²) in [4.78, 5) is 28.1. The van der Waals surface area contributed by atoms with Gasteiger partial charge in [0.25, 0.3) is 0 Å². The van der Waals surface area contributed by atoms with Gasteiger partial charge in [0.1, 0.15) is 0 Å². The molecule has 1 aliphatic heterocycles. The van der Waals surface area contributed by atoms with Crippen LogP contribution in [0, 0.1) is 0 Å². The van der Waals surface area contributed by atoms with Gasteiger partial charge in [-0.2, -0.15) is 5.10 Å². The number of nitrogens with zero attached hydrogens (tertiary/aromatic N) is 3. The zero-order valence-electron chi connectivity index (χ0n) is 15.4. The average molecular weight is 346 g/mol. The molecule has 2 amide bonds. The van der Waals surface area contributed by atoms with E-state index < -0.39 is 0 Å². The topological polar surface area (TPSA) is 69.3 Å². The number of H-pyrrole nitrogens is 1. The minimum atomic E-state index is 0.0856. The molecular weight excluding hydrogens is 316 g/mol. The van der Waals surface area contributed by atoms with Crippen LogP contribution in [0.4, 0.5) is 0 Å². The molecule has 0 unspecified atom stereocenters. The van der Waals surface area contributed by atoms with Crippen LogP contribution >= 0.6 is 0 Å². The number of amides is 2. The summed E-state index contributed by atoms with van der Waals surface area (Å²) in [5, 5.41) is 7.62. The normalized spacial score (nSPS) is 18.4. The Morgan fingerprint density at radius 1 is 1.12 bits per heavy atom. The lowest BCUT2D eigenvalue weighted by Crippen LogP contribution is -2.35. The van der Waals surface area contributed by atoms with Gasteiger partial charge in [-0.3, -0.25) is 14.7 Å². The molecule has 0 saturated carbocycles. The Morgan fingerprint density at radius 3 is 2.76 bits per heavy atom. The molecule has 25 heavy (non-hydrogen) atoms. The zero-order chi connectivity index (χ0) is 17.6. The Hall–Kier alpha value is -1.85. The smallest absolute Gasteiger partial charge is 0.224 e. The number of hydrogen-bond acceptors (Lipinski definition) is 3. The molecule has 2 aliphatic rings. The lowest BCUT2D eigenvalue weighted by molar-refractivity contribution is -0.133. The first-order valence-electron chi connectivity index (χ1n) is 9.72. The number of aromatic nitrogens is 2. The highest BCUT2D eigenvalue weighted by molar-refractivity contribution is 5.79. The largest absolute Gasteiger partial charge is 0.342 e. The second kappa shape index (κ2) is 8.50. The van der Waals surface area contributed by atoms with Gasteiger partial charge in [-0.1, -0.05) is 12.8 Å². The van der Waals surface area contributed by atoms with Gasteiger partial charge in [0.2, 0.25) is 11.8 Å². The molecule has 1 fully saturated rings. The summed E-state index contributed by atoms with van der Waals surface area (Å²) in [5.41, 5.74) is 3.59. The van der Waals surface area contributed by atoms with Crippen molar-refractivity contribution in [2.24, 2.45) is 0 Å². The van der Waals surface area contributed by atoms with Crippen LogP contribution in [0.15, 0.2) is 0 Å². The maximum Gasteiger partial charge on any atom is 0.224 e. The Labute approximate surface area is 149 Å². The van der Waals surface area contributed by atoms with Crippen LogP contribution in [-0.4, -0.2) is 51.9 Å². The van der Waals surface area contributed by atoms with E-state index >= 15 is 0 Å². The average Bonchev–Trinajstić information content (AvgIpc) is 2.79. The van der Waals surface area contributed by atoms with Gasteiger partial charge in [-0.05, 0) is 44.1 Å². The van der Waals surface area contributed by atoms with Gasteiger partial charge in [-0.25, -0.2) is 0 Å². The molecular formula is C19H30N4O2. The minimum Gasteiger partial charge on any atom is -0.342 e. The second-order valence-corrected chi connectivity index (χ2v) is 7.38. The quantitative estimate of drug-likeness (QED) is 0.833. The van der Waals surface area contributed by atoms with Crippen molar-refractivity contribution in [1.82, 2.24) is 20.0 Å². The van der Waals surface area contributed by atoms with Crippen LogP contribution < -0.4 is 0 Å². The van der Waals surface area contributed by atoms with Crippen molar-refractivity contribution in [3.05, 3.63) is 17.0 Å². The first kappa shape index (κ1) is 18.0. The molecule has 1 saturated heterocycles. The summed E-state index contributed by atoms with van der Waals surface area (Å²) < 4.78 is 0. The lowest BCUT2D eigenvalue weighted by Gasteiger charge is -2.22. The highest BCUT2D eigenvalue weighted by atomic mass is 16.2. The number of nitrogens with one attached hydrogen (secondary N) is 1. The standard InChI is InChI=1S/C19H30N4O2/c1-22(14-17-15-8-4-2-5-9-16(15)20-21-17)18(24)11-13-23-12-7-3-6-10-19(23)25/h2-14H2,1H3,(H,20,21). The SMILES string of the molecule is CN(Cc1n[nH]c2c1CCCCC2)C(=O)CCN1CCCCCC1=O. The summed E-state index contributed by atoms with van der Waals surface area (Å²) in [6.45, 7) is 1.89. The highest BCUT2D eigenvalue weighted by Gasteiger charge is 2.21. The van der Waals surface area contributed by atoms with Gasteiger partial charge in [0, 0.05) is 38.7 Å². The number of rotatable bonds is 5. The van der Waals surface area contributed by atoms with Crippen molar-refractivity contribution in [2.75, 3.05) is 20.1 Å². The van der Waals surface area contributed by atoms with E-state index in [0.29, 0.717) is 25.9 Å². The summed E-state index contributed by atoms with van der Waals surface area (Å²) in [6, 6.07) is 0. The van der Waals surface area contributed by atoms with E-state index in [1.54, 1.807) is 4.90 Å². The number of fused-ring (bicyclic) bond motifs is 1. The number of aryl methyl sites for hydroxylation is 1. The predicted molar refractivity (Wildman–Crippen MR) is 96.0 cm³/mol. The summed E-state index contributed by atoms with van der Waals surface area (Å²) >= 11 is 0. The Balaban J connectivity index is 1.52. The van der Waals surface area contributed by atoms with Gasteiger partial charge < -0.3 is 9.80 Å². The van der Waals surface area contributed by atoms with Crippen LogP contribution in [0.5, 0.6) is 0 Å². The van der Waals surface area contributed by atoms with Gasteiger partial charge in [-0.15, -0.1) is 0 Å². The van der Waals surface area contributed by atoms with Crippen LogP contribution in [0.25, 0.3) is 0 Å². The number of carbonyl (C=O) groups excluding carboxylic acids is 2. The van der Waals surface area contributed by atoms with Crippen molar-refractivity contribution in [1.29, 1.82) is 0 Å². The molecule has 1 N–H and O–H groups in total. The maximum absolute atomic E-state index is 12.5. The number of carbonyl (C=O) groups is 2. The Morgan fingerprint density at radius 2 is 1.88 bits per heavy atom. The van der Waals surface area contributed by atoms with E-state index in [1.165, 1.54) is 30.5 Å². The third kappa shape index (κ3) is 4.61. The lowest BCUT2D eigenvalue weighted by atomic mass is 10.1. The van der Waals surface area contributed by atoms with Crippen molar-refractivity contribution < 1.29 is 9.59 Å². The Kier molecular flexibility index (Phi) is 6.10. The molecule has 0 atom stereocenters. The number of aromatic amines is 1. The summed E-state index contributed by atoms with van der Waals surface area (Å²) in [6.07, 6.45) is 9.98. The molecule has 0 bridgehead atoms.